The summed E-state index contributed by atoms with van der Waals surface area (Å²) in [5.41, 5.74) is 0.677. The maximum absolute atomic E-state index is 12.2. The maximum Gasteiger partial charge on any atom is 0.270 e. The highest BCUT2D eigenvalue weighted by molar-refractivity contribution is 5.96. The van der Waals surface area contributed by atoms with Crippen molar-refractivity contribution in [2.24, 2.45) is 0 Å². The number of likely N-dealkylation sites (tertiary alicyclic amines) is 1. The minimum atomic E-state index is -0.969. The van der Waals surface area contributed by atoms with E-state index in [1.165, 1.54) is 23.1 Å². The van der Waals surface area contributed by atoms with Gasteiger partial charge in [0.25, 0.3) is 11.6 Å². The molecule has 0 radical (unpaired) electrons. The molecule has 0 aromatic heterocycles. The van der Waals surface area contributed by atoms with E-state index in [-0.39, 0.29) is 24.3 Å². The highest BCUT2D eigenvalue weighted by atomic mass is 16.6. The van der Waals surface area contributed by atoms with E-state index in [1.807, 2.05) is 0 Å². The summed E-state index contributed by atoms with van der Waals surface area (Å²) in [4.78, 5) is 23.7. The van der Waals surface area contributed by atoms with Gasteiger partial charge in [-0.25, -0.2) is 0 Å². The second-order valence-electron chi connectivity index (χ2n) is 4.60. The first-order chi connectivity index (χ1) is 8.90. The van der Waals surface area contributed by atoms with Crippen LogP contribution in [0.15, 0.2) is 18.2 Å². The Morgan fingerprint density at radius 1 is 1.37 bits per heavy atom. The molecule has 7 nitrogen and oxygen atoms in total. The number of β-amino-alcohol motifs (C(OH)–C–C–N with tert-alkyl or cyclic N) is 2. The molecule has 1 aromatic rings. The number of non-ortho nitro benzene ring substituents is 1. The minimum Gasteiger partial charge on any atom is -0.388 e. The first-order valence-corrected chi connectivity index (χ1v) is 5.80. The Hall–Kier alpha value is -1.99. The number of aryl methyl sites for hydroxylation is 1. The summed E-state index contributed by atoms with van der Waals surface area (Å²) in [5.74, 6) is -0.420. The molecule has 1 fully saturated rings. The van der Waals surface area contributed by atoms with Crippen molar-refractivity contribution in [3.8, 4) is 0 Å². The molecular formula is C12H14N2O5. The Kier molecular flexibility index (Phi) is 3.50. The van der Waals surface area contributed by atoms with E-state index in [4.69, 9.17) is 0 Å². The molecule has 2 atom stereocenters. The van der Waals surface area contributed by atoms with Crippen LogP contribution in [0.5, 0.6) is 0 Å². The molecule has 1 aliphatic heterocycles. The van der Waals surface area contributed by atoms with Gasteiger partial charge >= 0.3 is 0 Å². The average Bonchev–Trinajstić information content (AvgIpc) is 2.69. The van der Waals surface area contributed by atoms with Crippen molar-refractivity contribution in [2.45, 2.75) is 19.1 Å². The molecule has 102 valence electrons. The molecule has 0 bridgehead atoms. The van der Waals surface area contributed by atoms with Gasteiger partial charge in [0.2, 0.25) is 0 Å². The van der Waals surface area contributed by atoms with Crippen LogP contribution in [0.25, 0.3) is 0 Å². The monoisotopic (exact) mass is 266 g/mol. The molecule has 2 unspecified atom stereocenters. The van der Waals surface area contributed by atoms with Crippen LogP contribution < -0.4 is 0 Å². The number of amides is 1. The summed E-state index contributed by atoms with van der Waals surface area (Å²) in [7, 11) is 0. The summed E-state index contributed by atoms with van der Waals surface area (Å²) in [5, 5.41) is 29.6. The molecular weight excluding hydrogens is 252 g/mol. The zero-order valence-corrected chi connectivity index (χ0v) is 10.3. The summed E-state index contributed by atoms with van der Waals surface area (Å²) in [6.45, 7) is 1.74. The predicted octanol–water partition coefficient (Wildman–Crippen LogP) is 0.0808. The van der Waals surface area contributed by atoms with Gasteiger partial charge in [0.1, 0.15) is 0 Å². The van der Waals surface area contributed by atoms with Crippen molar-refractivity contribution in [3.05, 3.63) is 39.4 Å². The molecule has 1 saturated heterocycles. The van der Waals surface area contributed by atoms with Crippen molar-refractivity contribution in [1.29, 1.82) is 0 Å². The van der Waals surface area contributed by atoms with Gasteiger partial charge in [0.15, 0.2) is 0 Å². The number of aliphatic hydroxyl groups is 2. The van der Waals surface area contributed by atoms with Crippen LogP contribution in [0, 0.1) is 17.0 Å². The number of nitrogens with zero attached hydrogens (tertiary/aromatic N) is 2. The van der Waals surface area contributed by atoms with Crippen molar-refractivity contribution in [2.75, 3.05) is 13.1 Å². The number of hydrogen-bond donors (Lipinski definition) is 2. The maximum atomic E-state index is 12.2. The van der Waals surface area contributed by atoms with Crippen molar-refractivity contribution < 1.29 is 19.9 Å². The number of carbonyl (C=O) groups excluding carboxylic acids is 1. The summed E-state index contributed by atoms with van der Waals surface area (Å²) in [6.07, 6.45) is -1.94. The van der Waals surface area contributed by atoms with Gasteiger partial charge in [-0.15, -0.1) is 0 Å². The number of carbonyl (C=O) groups is 1. The lowest BCUT2D eigenvalue weighted by Gasteiger charge is -2.16. The van der Waals surface area contributed by atoms with E-state index in [0.29, 0.717) is 5.56 Å². The highest BCUT2D eigenvalue weighted by Gasteiger charge is 2.33. The van der Waals surface area contributed by atoms with E-state index < -0.39 is 23.0 Å². The summed E-state index contributed by atoms with van der Waals surface area (Å²) in [6, 6.07) is 4.06. The number of benzene rings is 1. The fraction of sp³-hybridized carbons (Fsp3) is 0.417. The van der Waals surface area contributed by atoms with E-state index in [0.717, 1.165) is 0 Å². The second-order valence-corrected chi connectivity index (χ2v) is 4.60. The van der Waals surface area contributed by atoms with Gasteiger partial charge < -0.3 is 15.1 Å². The Morgan fingerprint density at radius 2 is 1.95 bits per heavy atom. The van der Waals surface area contributed by atoms with Crippen LogP contribution in [-0.4, -0.2) is 51.2 Å². The van der Waals surface area contributed by atoms with Gasteiger partial charge in [0.05, 0.1) is 17.1 Å². The van der Waals surface area contributed by atoms with Gasteiger partial charge in [-0.2, -0.15) is 0 Å². The normalized spacial score (nSPS) is 22.6. The first-order valence-electron chi connectivity index (χ1n) is 5.80. The topological polar surface area (TPSA) is 104 Å². The molecule has 1 aromatic carbocycles. The van der Waals surface area contributed by atoms with Crippen LogP contribution in [0.4, 0.5) is 5.69 Å². The number of nitro benzene ring substituents is 1. The van der Waals surface area contributed by atoms with Gasteiger partial charge in [-0.3, -0.25) is 14.9 Å². The molecule has 0 saturated carbocycles. The Morgan fingerprint density at radius 3 is 2.47 bits per heavy atom. The molecule has 19 heavy (non-hydrogen) atoms. The zero-order valence-electron chi connectivity index (χ0n) is 10.3. The standard InChI is InChI=1S/C12H14N2O5/c1-7-2-3-8(14(18)19)4-9(7)12(17)13-5-10(15)11(16)6-13/h2-4,10-11,15-16H,5-6H2,1H3. The van der Waals surface area contributed by atoms with E-state index >= 15 is 0 Å². The molecule has 2 N–H and O–H groups in total. The van der Waals surface area contributed by atoms with Gasteiger partial charge in [0, 0.05) is 30.8 Å². The third-order valence-electron chi connectivity index (χ3n) is 3.21. The van der Waals surface area contributed by atoms with Crippen LogP contribution in [0.2, 0.25) is 0 Å². The van der Waals surface area contributed by atoms with Crippen molar-refractivity contribution >= 4 is 11.6 Å². The van der Waals surface area contributed by atoms with Crippen LogP contribution >= 0.6 is 0 Å². The van der Waals surface area contributed by atoms with Crippen molar-refractivity contribution in [3.63, 3.8) is 0 Å². The molecule has 0 aliphatic carbocycles. The third-order valence-corrected chi connectivity index (χ3v) is 3.21. The second kappa shape index (κ2) is 4.94. The van der Waals surface area contributed by atoms with Crippen LogP contribution in [0.3, 0.4) is 0 Å². The lowest BCUT2D eigenvalue weighted by molar-refractivity contribution is -0.384. The number of aliphatic hydroxyl groups excluding tert-OH is 2. The molecule has 7 heteroatoms. The Bertz CT molecular complexity index is 521. The fourth-order valence-corrected chi connectivity index (χ4v) is 2.06. The third kappa shape index (κ3) is 2.56. The zero-order chi connectivity index (χ0) is 14.2. The molecule has 1 amide bonds. The van der Waals surface area contributed by atoms with Crippen LogP contribution in [0.1, 0.15) is 15.9 Å². The summed E-state index contributed by atoms with van der Waals surface area (Å²) < 4.78 is 0. The van der Waals surface area contributed by atoms with Crippen molar-refractivity contribution in [1.82, 2.24) is 4.90 Å². The highest BCUT2D eigenvalue weighted by Crippen LogP contribution is 2.21. The average molecular weight is 266 g/mol. The summed E-state index contributed by atoms with van der Waals surface area (Å²) >= 11 is 0. The molecule has 0 spiro atoms. The SMILES string of the molecule is Cc1ccc([N+](=O)[O-])cc1C(=O)N1CC(O)C(O)C1. The quantitative estimate of drug-likeness (QED) is 0.582. The van der Waals surface area contributed by atoms with Gasteiger partial charge in [-0.1, -0.05) is 6.07 Å². The van der Waals surface area contributed by atoms with E-state index in [1.54, 1.807) is 6.92 Å². The smallest absolute Gasteiger partial charge is 0.270 e. The lowest BCUT2D eigenvalue weighted by atomic mass is 10.1. The fourth-order valence-electron chi connectivity index (χ4n) is 2.06. The Labute approximate surface area is 109 Å². The van der Waals surface area contributed by atoms with Gasteiger partial charge in [-0.05, 0) is 12.5 Å². The van der Waals surface area contributed by atoms with Crippen LogP contribution in [-0.2, 0) is 0 Å². The largest absolute Gasteiger partial charge is 0.388 e. The lowest BCUT2D eigenvalue weighted by Crippen LogP contribution is -2.30. The van der Waals surface area contributed by atoms with E-state index in [9.17, 15) is 25.1 Å². The predicted molar refractivity (Wildman–Crippen MR) is 65.8 cm³/mol. The number of nitro groups is 1. The van der Waals surface area contributed by atoms with E-state index in [2.05, 4.69) is 0 Å². The first kappa shape index (κ1) is 13.4. The Balaban J connectivity index is 2.29. The molecule has 1 heterocycles. The number of rotatable bonds is 2. The molecule has 1 aliphatic rings. The molecule has 2 rings (SSSR count). The number of hydrogen-bond acceptors (Lipinski definition) is 5. The minimum absolute atomic E-state index is 0.0299.